The maximum Gasteiger partial charge on any atom is 0.123 e. The van der Waals surface area contributed by atoms with Crippen LogP contribution in [0.4, 0.5) is 4.39 Å². The summed E-state index contributed by atoms with van der Waals surface area (Å²) in [7, 11) is 0. The molecule has 0 aliphatic rings. The summed E-state index contributed by atoms with van der Waals surface area (Å²) in [5.74, 6) is 0.237. The Morgan fingerprint density at radius 1 is 1.10 bits per heavy atom. The Hall–Kier alpha value is -0.930. The van der Waals surface area contributed by atoms with E-state index in [1.54, 1.807) is 12.1 Å². The minimum atomic E-state index is -0.215. The lowest BCUT2D eigenvalue weighted by Crippen LogP contribution is -2.40. The zero-order valence-electron chi connectivity index (χ0n) is 13.5. The third-order valence-electron chi connectivity index (χ3n) is 3.38. The molecule has 0 amide bonds. The van der Waals surface area contributed by atoms with Gasteiger partial charge in [0.2, 0.25) is 0 Å². The van der Waals surface area contributed by atoms with E-state index < -0.39 is 0 Å². The van der Waals surface area contributed by atoms with Gasteiger partial charge < -0.3 is 10.1 Å². The van der Waals surface area contributed by atoms with Crippen molar-refractivity contribution < 1.29 is 9.13 Å². The molecule has 0 aliphatic heterocycles. The van der Waals surface area contributed by atoms with Gasteiger partial charge in [-0.3, -0.25) is 0 Å². The highest BCUT2D eigenvalue weighted by Gasteiger charge is 2.20. The maximum atomic E-state index is 13.1. The van der Waals surface area contributed by atoms with Crippen LogP contribution in [0.1, 0.15) is 53.2 Å². The van der Waals surface area contributed by atoms with Gasteiger partial charge in [0.05, 0.1) is 12.2 Å². The van der Waals surface area contributed by atoms with E-state index in [2.05, 4.69) is 46.9 Å². The molecule has 1 aromatic rings. The second-order valence-corrected chi connectivity index (χ2v) is 6.76. The Labute approximate surface area is 122 Å². The first-order valence-electron chi connectivity index (χ1n) is 7.35. The Morgan fingerprint density at radius 3 is 2.10 bits per heavy atom. The average Bonchev–Trinajstić information content (AvgIpc) is 2.34. The van der Waals surface area contributed by atoms with E-state index in [1.807, 2.05) is 0 Å². The lowest BCUT2D eigenvalue weighted by molar-refractivity contribution is -0.0282. The summed E-state index contributed by atoms with van der Waals surface area (Å²) < 4.78 is 19.2. The molecule has 114 valence electrons. The molecule has 2 unspecified atom stereocenters. The van der Waals surface area contributed by atoms with Crippen LogP contribution in [0, 0.1) is 11.7 Å². The Morgan fingerprint density at radius 2 is 1.65 bits per heavy atom. The molecular weight excluding hydrogens is 253 g/mol. The van der Waals surface area contributed by atoms with E-state index in [1.165, 1.54) is 12.1 Å². The smallest absolute Gasteiger partial charge is 0.123 e. The van der Waals surface area contributed by atoms with E-state index in [0.29, 0.717) is 12.5 Å². The van der Waals surface area contributed by atoms with Crippen molar-refractivity contribution in [2.75, 3.05) is 6.54 Å². The first kappa shape index (κ1) is 17.1. The van der Waals surface area contributed by atoms with Crippen LogP contribution >= 0.6 is 0 Å². The zero-order chi connectivity index (χ0) is 15.3. The van der Waals surface area contributed by atoms with Crippen LogP contribution in [0.2, 0.25) is 0 Å². The van der Waals surface area contributed by atoms with Gasteiger partial charge in [0.1, 0.15) is 5.82 Å². The van der Waals surface area contributed by atoms with Crippen molar-refractivity contribution in [1.82, 2.24) is 5.32 Å². The van der Waals surface area contributed by atoms with E-state index >= 15 is 0 Å². The summed E-state index contributed by atoms with van der Waals surface area (Å²) in [6.07, 6.45) is 0.0963. The van der Waals surface area contributed by atoms with Crippen LogP contribution in [0.15, 0.2) is 24.3 Å². The molecule has 1 N–H and O–H groups in total. The molecule has 0 aliphatic carbocycles. The van der Waals surface area contributed by atoms with Gasteiger partial charge in [-0.2, -0.15) is 0 Å². The fraction of sp³-hybridized carbons (Fsp3) is 0.647. The second kappa shape index (κ2) is 7.19. The summed E-state index contributed by atoms with van der Waals surface area (Å²) >= 11 is 0. The van der Waals surface area contributed by atoms with Gasteiger partial charge in [-0.15, -0.1) is 0 Å². The van der Waals surface area contributed by atoms with Gasteiger partial charge in [-0.25, -0.2) is 4.39 Å². The molecule has 0 fully saturated rings. The summed E-state index contributed by atoms with van der Waals surface area (Å²) in [6.45, 7) is 13.5. The molecule has 0 aromatic heterocycles. The molecule has 0 heterocycles. The standard InChI is InChI=1S/C17H28FNO/c1-12(2)13(3)20-16(11-19-17(4,5)6)14-7-9-15(18)10-8-14/h7-10,12-13,16,19H,11H2,1-6H3. The number of benzene rings is 1. The lowest BCUT2D eigenvalue weighted by atomic mass is 10.0. The summed E-state index contributed by atoms with van der Waals surface area (Å²) in [6, 6.07) is 6.58. The van der Waals surface area contributed by atoms with E-state index in [9.17, 15) is 4.39 Å². The van der Waals surface area contributed by atoms with E-state index in [0.717, 1.165) is 5.56 Å². The normalized spacial score (nSPS) is 15.4. The highest BCUT2D eigenvalue weighted by Crippen LogP contribution is 2.22. The minimum absolute atomic E-state index is 0.0305. The number of halogens is 1. The highest BCUT2D eigenvalue weighted by atomic mass is 19.1. The second-order valence-electron chi connectivity index (χ2n) is 6.76. The van der Waals surface area contributed by atoms with Crippen LogP contribution in [0.25, 0.3) is 0 Å². The number of rotatable bonds is 6. The molecule has 0 spiro atoms. The summed E-state index contributed by atoms with van der Waals surface area (Å²) in [5.41, 5.74) is 1.04. The molecule has 0 radical (unpaired) electrons. The molecule has 2 atom stereocenters. The van der Waals surface area contributed by atoms with E-state index in [4.69, 9.17) is 4.74 Å². The van der Waals surface area contributed by atoms with Crippen molar-refractivity contribution in [2.24, 2.45) is 5.92 Å². The molecular formula is C17H28FNO. The van der Waals surface area contributed by atoms with Gasteiger partial charge in [0.25, 0.3) is 0 Å². The maximum absolute atomic E-state index is 13.1. The number of hydrogen-bond acceptors (Lipinski definition) is 2. The predicted molar refractivity (Wildman–Crippen MR) is 82.3 cm³/mol. The van der Waals surface area contributed by atoms with Gasteiger partial charge >= 0.3 is 0 Å². The van der Waals surface area contributed by atoms with Crippen LogP contribution in [-0.4, -0.2) is 18.2 Å². The van der Waals surface area contributed by atoms with Crippen molar-refractivity contribution in [1.29, 1.82) is 0 Å². The number of hydrogen-bond donors (Lipinski definition) is 1. The molecule has 1 aromatic carbocycles. The monoisotopic (exact) mass is 281 g/mol. The third-order valence-corrected chi connectivity index (χ3v) is 3.38. The van der Waals surface area contributed by atoms with Crippen LogP contribution in [0.3, 0.4) is 0 Å². The first-order valence-corrected chi connectivity index (χ1v) is 7.35. The lowest BCUT2D eigenvalue weighted by Gasteiger charge is -2.29. The third kappa shape index (κ3) is 6.02. The van der Waals surface area contributed by atoms with Crippen molar-refractivity contribution in [2.45, 2.75) is 59.3 Å². The molecule has 1 rings (SSSR count). The number of nitrogens with one attached hydrogen (secondary N) is 1. The van der Waals surface area contributed by atoms with Gasteiger partial charge in [0, 0.05) is 12.1 Å². The topological polar surface area (TPSA) is 21.3 Å². The molecule has 20 heavy (non-hydrogen) atoms. The quantitative estimate of drug-likeness (QED) is 0.838. The molecule has 0 saturated heterocycles. The van der Waals surface area contributed by atoms with Crippen LogP contribution in [-0.2, 0) is 4.74 Å². The largest absolute Gasteiger partial charge is 0.369 e. The average molecular weight is 281 g/mol. The van der Waals surface area contributed by atoms with Crippen molar-refractivity contribution in [3.63, 3.8) is 0 Å². The summed E-state index contributed by atoms with van der Waals surface area (Å²) in [4.78, 5) is 0. The predicted octanol–water partition coefficient (Wildman–Crippen LogP) is 4.32. The van der Waals surface area contributed by atoms with Crippen molar-refractivity contribution in [3.05, 3.63) is 35.6 Å². The SMILES string of the molecule is CC(C)C(C)OC(CNC(C)(C)C)c1ccc(F)cc1. The van der Waals surface area contributed by atoms with Gasteiger partial charge in [-0.1, -0.05) is 26.0 Å². The Kier molecular flexibility index (Phi) is 6.15. The van der Waals surface area contributed by atoms with Crippen LogP contribution in [0.5, 0.6) is 0 Å². The Balaban J connectivity index is 2.80. The van der Waals surface area contributed by atoms with Gasteiger partial charge in [-0.05, 0) is 51.3 Å². The van der Waals surface area contributed by atoms with Crippen molar-refractivity contribution >= 4 is 0 Å². The minimum Gasteiger partial charge on any atom is -0.369 e. The van der Waals surface area contributed by atoms with E-state index in [-0.39, 0.29) is 23.6 Å². The molecule has 0 bridgehead atoms. The zero-order valence-corrected chi connectivity index (χ0v) is 13.5. The fourth-order valence-electron chi connectivity index (χ4n) is 1.74. The first-order chi connectivity index (χ1) is 9.19. The highest BCUT2D eigenvalue weighted by molar-refractivity contribution is 5.19. The Bertz CT molecular complexity index is 394. The fourth-order valence-corrected chi connectivity index (χ4v) is 1.74. The molecule has 0 saturated carbocycles. The van der Waals surface area contributed by atoms with Gasteiger partial charge in [0.15, 0.2) is 0 Å². The number of ether oxygens (including phenoxy) is 1. The van der Waals surface area contributed by atoms with Crippen LogP contribution < -0.4 is 5.32 Å². The molecule has 3 heteroatoms. The summed E-state index contributed by atoms with van der Waals surface area (Å²) in [5, 5.41) is 3.46. The molecule has 2 nitrogen and oxygen atoms in total. The van der Waals surface area contributed by atoms with Crippen molar-refractivity contribution in [3.8, 4) is 0 Å².